The lowest BCUT2D eigenvalue weighted by molar-refractivity contribution is 0.130. The Hall–Kier alpha value is -0.553. The van der Waals surface area contributed by atoms with Gasteiger partial charge in [0, 0.05) is 0 Å². The lowest BCUT2D eigenvalue weighted by Crippen LogP contribution is -2.45. The van der Waals surface area contributed by atoms with Crippen molar-refractivity contribution in [3.63, 3.8) is 0 Å². The van der Waals surface area contributed by atoms with Crippen molar-refractivity contribution in [3.05, 3.63) is 0 Å². The van der Waals surface area contributed by atoms with Crippen LogP contribution >= 0.6 is 0 Å². The number of alkyl carbamates (subject to hydrolysis) is 1. The lowest BCUT2D eigenvalue weighted by Gasteiger charge is -2.37. The van der Waals surface area contributed by atoms with Crippen molar-refractivity contribution in [1.29, 1.82) is 0 Å². The van der Waals surface area contributed by atoms with E-state index in [0.29, 0.717) is 6.61 Å². The standard InChI is InChI=1S/C11H23NO3Si/c1-8-9(12-10(13)15-8)7-14-16(5,6)11(2,3)4/h8-9H,7H2,1-6H3,(H,12,13)/t8-,9+/m1/s1. The molecule has 1 saturated heterocycles. The molecule has 4 nitrogen and oxygen atoms in total. The van der Waals surface area contributed by atoms with Gasteiger partial charge in [-0.2, -0.15) is 0 Å². The number of ether oxygens (including phenoxy) is 1. The summed E-state index contributed by atoms with van der Waals surface area (Å²) < 4.78 is 11.1. The summed E-state index contributed by atoms with van der Waals surface area (Å²) in [5.41, 5.74) is 0. The fourth-order valence-electron chi connectivity index (χ4n) is 1.25. The minimum atomic E-state index is -1.73. The van der Waals surface area contributed by atoms with Crippen LogP contribution in [0.15, 0.2) is 0 Å². The van der Waals surface area contributed by atoms with Crippen LogP contribution in [-0.4, -0.2) is 33.2 Å². The van der Waals surface area contributed by atoms with Gasteiger partial charge in [0.15, 0.2) is 8.32 Å². The Balaban J connectivity index is 2.49. The molecule has 1 heterocycles. The van der Waals surface area contributed by atoms with Gasteiger partial charge in [0.05, 0.1) is 12.6 Å². The highest BCUT2D eigenvalue weighted by Gasteiger charge is 2.39. The third-order valence-electron chi connectivity index (χ3n) is 3.59. The number of cyclic esters (lactones) is 1. The number of amides is 1. The summed E-state index contributed by atoms with van der Waals surface area (Å²) >= 11 is 0. The van der Waals surface area contributed by atoms with E-state index in [4.69, 9.17) is 9.16 Å². The van der Waals surface area contributed by atoms with Gasteiger partial charge in [-0.3, -0.25) is 0 Å². The highest BCUT2D eigenvalue weighted by molar-refractivity contribution is 6.74. The number of hydrogen-bond acceptors (Lipinski definition) is 3. The van der Waals surface area contributed by atoms with Crippen molar-refractivity contribution < 1.29 is 14.0 Å². The Morgan fingerprint density at radius 3 is 2.38 bits per heavy atom. The molecule has 5 heteroatoms. The van der Waals surface area contributed by atoms with Crippen LogP contribution in [0.25, 0.3) is 0 Å². The van der Waals surface area contributed by atoms with Gasteiger partial charge in [0.25, 0.3) is 0 Å². The van der Waals surface area contributed by atoms with Crippen LogP contribution in [0, 0.1) is 0 Å². The molecule has 1 rings (SSSR count). The lowest BCUT2D eigenvalue weighted by atomic mass is 10.2. The molecule has 0 aromatic heterocycles. The van der Waals surface area contributed by atoms with Crippen molar-refractivity contribution in [2.75, 3.05) is 6.61 Å². The second kappa shape index (κ2) is 4.37. The van der Waals surface area contributed by atoms with Crippen molar-refractivity contribution in [3.8, 4) is 0 Å². The van der Waals surface area contributed by atoms with E-state index in [-0.39, 0.29) is 23.3 Å². The average molecular weight is 245 g/mol. The maximum Gasteiger partial charge on any atom is 0.407 e. The minimum absolute atomic E-state index is 0.0124. The van der Waals surface area contributed by atoms with Crippen molar-refractivity contribution in [2.45, 2.75) is 58.0 Å². The first-order valence-corrected chi connectivity index (χ1v) is 8.65. The van der Waals surface area contributed by atoms with E-state index in [1.165, 1.54) is 0 Å². The normalized spacial score (nSPS) is 26.5. The van der Waals surface area contributed by atoms with Crippen molar-refractivity contribution >= 4 is 14.4 Å². The molecule has 94 valence electrons. The second-order valence-electron chi connectivity index (χ2n) is 5.93. The molecule has 2 atom stereocenters. The van der Waals surface area contributed by atoms with E-state index in [1.54, 1.807) is 0 Å². The zero-order chi connectivity index (χ0) is 12.6. The van der Waals surface area contributed by atoms with Gasteiger partial charge in [0.2, 0.25) is 0 Å². The third-order valence-corrected chi connectivity index (χ3v) is 8.09. The summed E-state index contributed by atoms with van der Waals surface area (Å²) in [6, 6.07) is -0.0124. The van der Waals surface area contributed by atoms with Gasteiger partial charge >= 0.3 is 6.09 Å². The molecular formula is C11H23NO3Si. The van der Waals surface area contributed by atoms with Gasteiger partial charge in [0.1, 0.15) is 6.10 Å². The SMILES string of the molecule is C[C@H]1OC(=O)N[C@H]1CO[Si](C)(C)C(C)(C)C. The van der Waals surface area contributed by atoms with Crippen LogP contribution in [0.3, 0.4) is 0 Å². The number of carbonyl (C=O) groups excluding carboxylic acids is 1. The molecule has 0 spiro atoms. The summed E-state index contributed by atoms with van der Waals surface area (Å²) in [5, 5.41) is 2.96. The first-order chi connectivity index (χ1) is 7.13. The van der Waals surface area contributed by atoms with Crippen LogP contribution in [0.2, 0.25) is 18.1 Å². The Labute approximate surface area is 98.8 Å². The quantitative estimate of drug-likeness (QED) is 0.777. The van der Waals surface area contributed by atoms with Crippen LogP contribution in [0.4, 0.5) is 4.79 Å². The first-order valence-electron chi connectivity index (χ1n) is 5.74. The number of rotatable bonds is 3. The maximum absolute atomic E-state index is 11.0. The molecule has 1 aliphatic rings. The molecule has 1 amide bonds. The highest BCUT2D eigenvalue weighted by Crippen LogP contribution is 2.36. The van der Waals surface area contributed by atoms with Crippen molar-refractivity contribution in [2.24, 2.45) is 0 Å². The van der Waals surface area contributed by atoms with E-state index in [9.17, 15) is 4.79 Å². The summed E-state index contributed by atoms with van der Waals surface area (Å²) in [5.74, 6) is 0. The second-order valence-corrected chi connectivity index (χ2v) is 10.7. The van der Waals surface area contributed by atoms with Crippen LogP contribution in [0.1, 0.15) is 27.7 Å². The smallest absolute Gasteiger partial charge is 0.407 e. The molecule has 0 aromatic rings. The summed E-state index contributed by atoms with van der Waals surface area (Å²) in [6.45, 7) is 13.4. The van der Waals surface area contributed by atoms with E-state index < -0.39 is 8.32 Å². The Bertz CT molecular complexity index is 273. The zero-order valence-electron chi connectivity index (χ0n) is 11.1. The molecule has 0 aromatic carbocycles. The van der Waals surface area contributed by atoms with E-state index >= 15 is 0 Å². The van der Waals surface area contributed by atoms with Gasteiger partial charge < -0.3 is 14.5 Å². The third kappa shape index (κ3) is 2.98. The average Bonchev–Trinajstić information content (AvgIpc) is 2.39. The Morgan fingerprint density at radius 2 is 2.00 bits per heavy atom. The molecule has 0 radical (unpaired) electrons. The molecule has 0 aliphatic carbocycles. The molecule has 0 unspecified atom stereocenters. The maximum atomic E-state index is 11.0. The largest absolute Gasteiger partial charge is 0.444 e. The Morgan fingerprint density at radius 1 is 1.44 bits per heavy atom. The number of carbonyl (C=O) groups is 1. The van der Waals surface area contributed by atoms with Gasteiger partial charge in [-0.25, -0.2) is 4.79 Å². The molecule has 1 aliphatic heterocycles. The summed E-state index contributed by atoms with van der Waals surface area (Å²) in [6.07, 6.45) is -0.436. The van der Waals surface area contributed by atoms with Crippen LogP contribution in [0.5, 0.6) is 0 Å². The Kier molecular flexibility index (Phi) is 3.69. The zero-order valence-corrected chi connectivity index (χ0v) is 12.1. The number of hydrogen-bond donors (Lipinski definition) is 1. The van der Waals surface area contributed by atoms with E-state index in [1.807, 2.05) is 6.92 Å². The predicted octanol–water partition coefficient (Wildman–Crippen LogP) is 2.51. The van der Waals surface area contributed by atoms with Gasteiger partial charge in [-0.15, -0.1) is 0 Å². The monoisotopic (exact) mass is 245 g/mol. The highest BCUT2D eigenvalue weighted by atomic mass is 28.4. The number of nitrogens with one attached hydrogen (secondary N) is 1. The van der Waals surface area contributed by atoms with Crippen LogP contribution in [-0.2, 0) is 9.16 Å². The van der Waals surface area contributed by atoms with Crippen molar-refractivity contribution in [1.82, 2.24) is 5.32 Å². The molecule has 0 saturated carbocycles. The fourth-order valence-corrected chi connectivity index (χ4v) is 2.27. The van der Waals surface area contributed by atoms with Gasteiger partial charge in [-0.05, 0) is 25.1 Å². The first kappa shape index (κ1) is 13.5. The molecule has 0 bridgehead atoms. The fraction of sp³-hybridized carbons (Fsp3) is 0.909. The molecule has 16 heavy (non-hydrogen) atoms. The minimum Gasteiger partial charge on any atom is -0.444 e. The predicted molar refractivity (Wildman–Crippen MR) is 66.0 cm³/mol. The molecule has 1 fully saturated rings. The van der Waals surface area contributed by atoms with E-state index in [0.717, 1.165) is 0 Å². The van der Waals surface area contributed by atoms with Gasteiger partial charge in [-0.1, -0.05) is 20.8 Å². The summed E-state index contributed by atoms with van der Waals surface area (Å²) in [7, 11) is -1.73. The van der Waals surface area contributed by atoms with Crippen LogP contribution < -0.4 is 5.32 Å². The molecule has 1 N–H and O–H groups in total. The van der Waals surface area contributed by atoms with E-state index in [2.05, 4.69) is 39.2 Å². The topological polar surface area (TPSA) is 47.6 Å². The molecular weight excluding hydrogens is 222 g/mol. The summed E-state index contributed by atoms with van der Waals surface area (Å²) in [4.78, 5) is 11.0.